The van der Waals surface area contributed by atoms with Gasteiger partial charge in [-0.2, -0.15) is 0 Å². The number of methoxy groups -OCH3 is 2. The summed E-state index contributed by atoms with van der Waals surface area (Å²) in [5, 5.41) is 10.7. The van der Waals surface area contributed by atoms with Crippen LogP contribution in [-0.4, -0.2) is 36.5 Å². The minimum atomic E-state index is -0.876. The van der Waals surface area contributed by atoms with Gasteiger partial charge in [0, 0.05) is 15.6 Å². The van der Waals surface area contributed by atoms with Gasteiger partial charge in [0.2, 0.25) is 0 Å². The van der Waals surface area contributed by atoms with Crippen molar-refractivity contribution in [1.82, 2.24) is 4.57 Å². The number of aromatic nitrogens is 1. The molecule has 1 atom stereocenters. The molecule has 1 N–H and O–H groups in total. The van der Waals surface area contributed by atoms with E-state index in [1.807, 2.05) is 52.9 Å². The highest BCUT2D eigenvalue weighted by atomic mass is 127. The normalized spacial score (nSPS) is 14.9. The van der Waals surface area contributed by atoms with Crippen molar-refractivity contribution in [3.63, 3.8) is 0 Å². The maximum atomic E-state index is 14.1. The van der Waals surface area contributed by atoms with E-state index in [-0.39, 0.29) is 23.5 Å². The van der Waals surface area contributed by atoms with E-state index < -0.39 is 12.0 Å². The molecule has 0 saturated heterocycles. The van der Waals surface area contributed by atoms with Crippen molar-refractivity contribution in [1.29, 1.82) is 0 Å². The molecule has 0 bridgehead atoms. The van der Waals surface area contributed by atoms with Crippen LogP contribution in [-0.2, 0) is 9.53 Å². The number of hydrogen-bond acceptors (Lipinski definition) is 8. The predicted molar refractivity (Wildman–Crippen MR) is 169 cm³/mol. The van der Waals surface area contributed by atoms with Crippen LogP contribution in [0.1, 0.15) is 29.7 Å². The Bertz CT molecular complexity index is 1870. The number of esters is 1. The summed E-state index contributed by atoms with van der Waals surface area (Å²) >= 11 is 6.67. The Morgan fingerprint density at radius 1 is 1.12 bits per heavy atom. The van der Waals surface area contributed by atoms with Gasteiger partial charge in [-0.05, 0) is 65.4 Å². The van der Waals surface area contributed by atoms with Crippen molar-refractivity contribution in [3.8, 4) is 17.2 Å². The second-order valence-corrected chi connectivity index (χ2v) is 12.0. The first kappa shape index (κ1) is 29.1. The topological polar surface area (TPSA) is 99.4 Å². The van der Waals surface area contributed by atoms with Crippen molar-refractivity contribution >= 4 is 67.6 Å². The van der Waals surface area contributed by atoms with E-state index in [0.29, 0.717) is 46.8 Å². The lowest BCUT2D eigenvalue weighted by molar-refractivity contribution is -0.138. The monoisotopic (exact) mass is 746 g/mol. The first-order valence-corrected chi connectivity index (χ1v) is 15.1. The van der Waals surface area contributed by atoms with E-state index in [2.05, 4.69) is 15.9 Å². The highest BCUT2D eigenvalue weighted by Crippen LogP contribution is 2.38. The van der Waals surface area contributed by atoms with E-state index in [1.54, 1.807) is 43.3 Å². The van der Waals surface area contributed by atoms with Gasteiger partial charge in [0.1, 0.15) is 5.75 Å². The molecule has 0 saturated carbocycles. The highest BCUT2D eigenvalue weighted by Gasteiger charge is 2.35. The van der Waals surface area contributed by atoms with Crippen LogP contribution in [0.3, 0.4) is 0 Å². The lowest BCUT2D eigenvalue weighted by atomic mass is 9.93. The third kappa shape index (κ3) is 5.57. The lowest BCUT2D eigenvalue weighted by Crippen LogP contribution is -2.40. The summed E-state index contributed by atoms with van der Waals surface area (Å²) in [7, 11) is 3.06. The number of hydrogen-bond donors (Lipinski definition) is 1. The molecule has 8 nitrogen and oxygen atoms in total. The van der Waals surface area contributed by atoms with Crippen molar-refractivity contribution in [2.75, 3.05) is 20.8 Å². The quantitative estimate of drug-likeness (QED) is 0.211. The predicted octanol–water partition coefficient (Wildman–Crippen LogP) is 5.03. The zero-order valence-electron chi connectivity index (χ0n) is 22.2. The Hall–Kier alpha value is -3.42. The molecule has 0 fully saturated rings. The third-order valence-corrected chi connectivity index (χ3v) is 8.70. The average molecular weight is 747 g/mol. The van der Waals surface area contributed by atoms with E-state index in [9.17, 15) is 14.7 Å². The Kier molecular flexibility index (Phi) is 8.66. The molecule has 1 aliphatic rings. The van der Waals surface area contributed by atoms with Gasteiger partial charge in [-0.15, -0.1) is 0 Å². The van der Waals surface area contributed by atoms with Crippen LogP contribution in [0.4, 0.5) is 0 Å². The number of ether oxygens (including phenoxy) is 3. The van der Waals surface area contributed by atoms with Gasteiger partial charge in [0.15, 0.2) is 16.3 Å². The maximum absolute atomic E-state index is 14.1. The standard InChI is InChI=1S/C30H24BrIN2O6S/c1-4-40-29(37)24-25(16-8-6-5-7-9-16)33-30-34(26(24)17-10-11-21(38-2)22(13-17)39-3)28(36)23(41-30)14-18-12-19(31)15-20(32)27(18)35/h5-15,26,35H,4H2,1-3H3/b23-14-/t26-/m1/s1. The van der Waals surface area contributed by atoms with Crippen molar-refractivity contribution < 1.29 is 24.1 Å². The fourth-order valence-corrected chi connectivity index (χ4v) is 7.16. The number of halogens is 2. The molecule has 2 heterocycles. The number of phenols is 1. The first-order valence-electron chi connectivity index (χ1n) is 12.5. The molecular weight excluding hydrogens is 723 g/mol. The minimum absolute atomic E-state index is 0.0632. The van der Waals surface area contributed by atoms with Crippen LogP contribution in [0.5, 0.6) is 17.2 Å². The van der Waals surface area contributed by atoms with Crippen LogP contribution in [0.25, 0.3) is 11.8 Å². The van der Waals surface area contributed by atoms with E-state index >= 15 is 0 Å². The number of carbonyl (C=O) groups is 1. The molecule has 11 heteroatoms. The Morgan fingerprint density at radius 2 is 1.85 bits per heavy atom. The molecule has 0 aliphatic carbocycles. The van der Waals surface area contributed by atoms with Gasteiger partial charge in [0.05, 0.1) is 46.2 Å². The zero-order chi connectivity index (χ0) is 29.3. The number of carbonyl (C=O) groups excluding carboxylic acids is 1. The highest BCUT2D eigenvalue weighted by molar-refractivity contribution is 14.1. The van der Waals surface area contributed by atoms with Gasteiger partial charge < -0.3 is 19.3 Å². The number of aromatic hydroxyl groups is 1. The number of rotatable bonds is 7. The Balaban J connectivity index is 1.86. The fraction of sp³-hybridized carbons (Fsp3) is 0.167. The number of benzene rings is 3. The van der Waals surface area contributed by atoms with E-state index in [0.717, 1.165) is 4.47 Å². The van der Waals surface area contributed by atoms with E-state index in [1.165, 1.54) is 30.1 Å². The van der Waals surface area contributed by atoms with Gasteiger partial charge in [0.25, 0.3) is 5.56 Å². The molecule has 5 rings (SSSR count). The molecule has 1 aromatic heterocycles. The summed E-state index contributed by atoms with van der Waals surface area (Å²) in [6.07, 6.45) is 1.63. The van der Waals surface area contributed by atoms with Crippen molar-refractivity contribution in [2.24, 2.45) is 4.99 Å². The Morgan fingerprint density at radius 3 is 2.54 bits per heavy atom. The van der Waals surface area contributed by atoms with Gasteiger partial charge >= 0.3 is 5.97 Å². The van der Waals surface area contributed by atoms with Crippen LogP contribution in [0.2, 0.25) is 0 Å². The summed E-state index contributed by atoms with van der Waals surface area (Å²) in [5.74, 6) is 0.437. The van der Waals surface area contributed by atoms with Crippen LogP contribution in [0.15, 0.2) is 80.5 Å². The minimum Gasteiger partial charge on any atom is -0.506 e. The average Bonchev–Trinajstić information content (AvgIpc) is 3.29. The number of fused-ring (bicyclic) bond motifs is 1. The van der Waals surface area contributed by atoms with Gasteiger partial charge in [-0.25, -0.2) is 9.79 Å². The van der Waals surface area contributed by atoms with Crippen LogP contribution in [0, 0.1) is 3.57 Å². The first-order chi connectivity index (χ1) is 19.8. The molecule has 41 heavy (non-hydrogen) atoms. The molecule has 0 unspecified atom stereocenters. The van der Waals surface area contributed by atoms with E-state index in [4.69, 9.17) is 19.2 Å². The number of thiazole rings is 1. The zero-order valence-corrected chi connectivity index (χ0v) is 26.7. The van der Waals surface area contributed by atoms with Crippen LogP contribution >= 0.6 is 49.9 Å². The van der Waals surface area contributed by atoms with Gasteiger partial charge in [-0.3, -0.25) is 9.36 Å². The lowest BCUT2D eigenvalue weighted by Gasteiger charge is -2.26. The largest absolute Gasteiger partial charge is 0.506 e. The summed E-state index contributed by atoms with van der Waals surface area (Å²) < 4.78 is 19.7. The summed E-state index contributed by atoms with van der Waals surface area (Å²) in [6.45, 7) is 1.88. The fourth-order valence-electron chi connectivity index (χ4n) is 4.62. The maximum Gasteiger partial charge on any atom is 0.338 e. The molecule has 0 spiro atoms. The smallest absolute Gasteiger partial charge is 0.338 e. The van der Waals surface area contributed by atoms with Gasteiger partial charge in [-0.1, -0.05) is 63.7 Å². The number of nitrogens with zero attached hydrogens (tertiary/aromatic N) is 2. The van der Waals surface area contributed by atoms with Crippen molar-refractivity contribution in [3.05, 3.63) is 111 Å². The molecule has 0 amide bonds. The second-order valence-electron chi connectivity index (χ2n) is 8.87. The molecule has 4 aromatic rings. The molecular formula is C30H24BrIN2O6S. The van der Waals surface area contributed by atoms with Crippen LogP contribution < -0.4 is 24.4 Å². The SMILES string of the molecule is CCOC(=O)C1=C(c2ccccc2)N=c2s/c(=C\c3cc(Br)cc(I)c3O)c(=O)n2[C@@H]1c1ccc(OC)c(OC)c1. The second kappa shape index (κ2) is 12.2. The third-order valence-electron chi connectivity index (χ3n) is 6.44. The van der Waals surface area contributed by atoms with Crippen molar-refractivity contribution in [2.45, 2.75) is 13.0 Å². The molecule has 3 aromatic carbocycles. The summed E-state index contributed by atoms with van der Waals surface area (Å²) in [6, 6.07) is 17.2. The summed E-state index contributed by atoms with van der Waals surface area (Å²) in [4.78, 5) is 33.0. The Labute approximate surface area is 261 Å². The summed E-state index contributed by atoms with van der Waals surface area (Å²) in [5.41, 5.74) is 2.07. The number of phenolic OH excluding ortho intramolecular Hbond substituents is 1. The molecule has 0 radical (unpaired) electrons. The molecule has 210 valence electrons. The molecule has 1 aliphatic heterocycles.